The summed E-state index contributed by atoms with van der Waals surface area (Å²) < 4.78 is 45.5. The van der Waals surface area contributed by atoms with Crippen molar-refractivity contribution in [2.75, 3.05) is 4.72 Å². The fraction of sp³-hybridized carbons (Fsp3) is 0.0625. The molecule has 25 heavy (non-hydrogen) atoms. The predicted octanol–water partition coefficient (Wildman–Crippen LogP) is 2.39. The molecule has 0 aliphatic carbocycles. The first kappa shape index (κ1) is 16.8. The normalized spacial score (nSPS) is 11.1. The van der Waals surface area contributed by atoms with E-state index in [9.17, 15) is 12.8 Å². The number of rotatable bonds is 6. The van der Waals surface area contributed by atoms with E-state index in [2.05, 4.69) is 19.7 Å². The number of nitrogens with one attached hydrogen (secondary N) is 1. The largest absolute Gasteiger partial charge is 0.470 e. The van der Waals surface area contributed by atoms with E-state index in [1.807, 2.05) is 6.07 Å². The van der Waals surface area contributed by atoms with Crippen molar-refractivity contribution in [3.63, 3.8) is 0 Å². The highest BCUT2D eigenvalue weighted by Gasteiger charge is 2.18. The number of ether oxygens (including phenoxy) is 1. The molecule has 2 aromatic heterocycles. The van der Waals surface area contributed by atoms with Gasteiger partial charge in [-0.25, -0.2) is 22.8 Å². The van der Waals surface area contributed by atoms with E-state index in [-0.39, 0.29) is 23.2 Å². The summed E-state index contributed by atoms with van der Waals surface area (Å²) in [4.78, 5) is 11.8. The molecule has 0 fully saturated rings. The van der Waals surface area contributed by atoms with Gasteiger partial charge in [0.25, 0.3) is 15.9 Å². The third-order valence-electron chi connectivity index (χ3n) is 3.12. The van der Waals surface area contributed by atoms with Gasteiger partial charge >= 0.3 is 0 Å². The number of pyridine rings is 1. The van der Waals surface area contributed by atoms with Crippen LogP contribution in [0.2, 0.25) is 0 Å². The van der Waals surface area contributed by atoms with Gasteiger partial charge in [-0.15, -0.1) is 0 Å². The molecule has 0 aliphatic rings. The fourth-order valence-corrected chi connectivity index (χ4v) is 2.94. The molecule has 128 valence electrons. The molecule has 1 aromatic carbocycles. The molecule has 0 aliphatic heterocycles. The first-order valence-electron chi connectivity index (χ1n) is 7.16. The maximum absolute atomic E-state index is 13.0. The first-order chi connectivity index (χ1) is 12.0. The smallest absolute Gasteiger partial charge is 0.263 e. The highest BCUT2D eigenvalue weighted by atomic mass is 32.2. The minimum atomic E-state index is -3.95. The molecular weight excluding hydrogens is 347 g/mol. The Balaban J connectivity index is 1.79. The van der Waals surface area contributed by atoms with Crippen molar-refractivity contribution in [2.24, 2.45) is 0 Å². The van der Waals surface area contributed by atoms with Crippen LogP contribution >= 0.6 is 0 Å². The molecule has 7 nitrogen and oxygen atoms in total. The van der Waals surface area contributed by atoms with Gasteiger partial charge in [0, 0.05) is 30.4 Å². The van der Waals surface area contributed by atoms with Crippen LogP contribution in [0.25, 0.3) is 0 Å². The zero-order valence-electron chi connectivity index (χ0n) is 12.8. The lowest BCUT2D eigenvalue weighted by molar-refractivity contribution is 0.294. The fourth-order valence-electron chi connectivity index (χ4n) is 1.94. The lowest BCUT2D eigenvalue weighted by atomic mass is 10.3. The number of anilines is 1. The summed E-state index contributed by atoms with van der Waals surface area (Å²) in [6, 6.07) is 8.00. The van der Waals surface area contributed by atoms with Gasteiger partial charge in [0.1, 0.15) is 12.4 Å². The predicted molar refractivity (Wildman–Crippen MR) is 87.8 cm³/mol. The summed E-state index contributed by atoms with van der Waals surface area (Å²) in [5, 5.41) is 0. The number of hydrogen-bond donors (Lipinski definition) is 1. The van der Waals surface area contributed by atoms with Crippen molar-refractivity contribution in [1.82, 2.24) is 15.0 Å². The third kappa shape index (κ3) is 4.27. The van der Waals surface area contributed by atoms with Gasteiger partial charge in [-0.3, -0.25) is 9.71 Å². The molecular formula is C16H13FN4O3S. The quantitative estimate of drug-likeness (QED) is 0.725. The average Bonchev–Trinajstić information content (AvgIpc) is 2.62. The van der Waals surface area contributed by atoms with Crippen LogP contribution in [0.1, 0.15) is 5.56 Å². The van der Waals surface area contributed by atoms with Gasteiger partial charge in [0.2, 0.25) is 5.82 Å². The molecule has 0 saturated carbocycles. The molecule has 3 rings (SSSR count). The molecule has 9 heteroatoms. The summed E-state index contributed by atoms with van der Waals surface area (Å²) in [7, 11) is -3.95. The van der Waals surface area contributed by atoms with Gasteiger partial charge in [-0.05, 0) is 30.3 Å². The molecule has 0 bridgehead atoms. The minimum absolute atomic E-state index is 0.0250. The number of sulfonamides is 1. The second kappa shape index (κ2) is 7.22. The van der Waals surface area contributed by atoms with Crippen molar-refractivity contribution in [2.45, 2.75) is 11.5 Å². The van der Waals surface area contributed by atoms with Crippen LogP contribution in [0.4, 0.5) is 10.2 Å². The minimum Gasteiger partial charge on any atom is -0.470 e. The first-order valence-corrected chi connectivity index (χ1v) is 8.64. The molecule has 0 unspecified atom stereocenters. The van der Waals surface area contributed by atoms with Crippen molar-refractivity contribution in [3.8, 4) is 5.88 Å². The van der Waals surface area contributed by atoms with Crippen LogP contribution in [0.3, 0.4) is 0 Å². The summed E-state index contributed by atoms with van der Waals surface area (Å²) in [5.41, 5.74) is 0.792. The Hall–Kier alpha value is -3.07. The van der Waals surface area contributed by atoms with Gasteiger partial charge in [0.15, 0.2) is 0 Å². The maximum atomic E-state index is 13.0. The van der Waals surface area contributed by atoms with Crippen LogP contribution in [-0.2, 0) is 16.6 Å². The number of nitrogens with zero attached hydrogens (tertiary/aromatic N) is 3. The number of halogens is 1. The lowest BCUT2D eigenvalue weighted by Crippen LogP contribution is -2.15. The number of benzene rings is 1. The SMILES string of the molecule is O=S(=O)(Nc1nccnc1OCc1cccnc1)c1ccc(F)cc1. The van der Waals surface area contributed by atoms with Gasteiger partial charge in [-0.2, -0.15) is 0 Å². The number of aromatic nitrogens is 3. The van der Waals surface area contributed by atoms with E-state index in [0.29, 0.717) is 0 Å². The molecule has 3 aromatic rings. The lowest BCUT2D eigenvalue weighted by Gasteiger charge is -2.11. The van der Waals surface area contributed by atoms with E-state index in [1.54, 1.807) is 18.5 Å². The Morgan fingerprint density at radius 2 is 1.80 bits per heavy atom. The molecule has 0 amide bonds. The van der Waals surface area contributed by atoms with Crippen molar-refractivity contribution < 1.29 is 17.5 Å². The van der Waals surface area contributed by atoms with Crippen LogP contribution < -0.4 is 9.46 Å². The second-order valence-corrected chi connectivity index (χ2v) is 6.60. The molecule has 1 N–H and O–H groups in total. The summed E-state index contributed by atoms with van der Waals surface area (Å²) in [6.07, 6.45) is 5.97. The van der Waals surface area contributed by atoms with E-state index < -0.39 is 15.8 Å². The van der Waals surface area contributed by atoms with E-state index >= 15 is 0 Å². The summed E-state index contributed by atoms with van der Waals surface area (Å²) in [5.74, 6) is -0.563. The van der Waals surface area contributed by atoms with Crippen molar-refractivity contribution in [3.05, 3.63) is 72.6 Å². The molecule has 0 radical (unpaired) electrons. The van der Waals surface area contributed by atoms with Gasteiger partial charge in [-0.1, -0.05) is 6.07 Å². The van der Waals surface area contributed by atoms with Crippen LogP contribution in [0, 0.1) is 5.82 Å². The zero-order chi connectivity index (χ0) is 17.7. The Bertz CT molecular complexity index is 951. The standard InChI is InChI=1S/C16H13FN4O3S/c17-13-3-5-14(6-4-13)25(22,23)21-15-16(20-9-8-19-15)24-11-12-2-1-7-18-10-12/h1-10H,11H2,(H,19,21). The summed E-state index contributed by atoms with van der Waals surface area (Å²) >= 11 is 0. The monoisotopic (exact) mass is 360 g/mol. The van der Waals surface area contributed by atoms with Crippen LogP contribution in [0.5, 0.6) is 5.88 Å². The molecule has 0 atom stereocenters. The van der Waals surface area contributed by atoms with Crippen LogP contribution in [0.15, 0.2) is 66.1 Å². The second-order valence-electron chi connectivity index (χ2n) is 4.92. The topological polar surface area (TPSA) is 94.1 Å². The average molecular weight is 360 g/mol. The number of hydrogen-bond acceptors (Lipinski definition) is 6. The Morgan fingerprint density at radius 1 is 1.04 bits per heavy atom. The Kier molecular flexibility index (Phi) is 4.85. The zero-order valence-corrected chi connectivity index (χ0v) is 13.6. The summed E-state index contributed by atoms with van der Waals surface area (Å²) in [6.45, 7) is 0.151. The molecule has 2 heterocycles. The van der Waals surface area contributed by atoms with Gasteiger partial charge in [0.05, 0.1) is 4.90 Å². The van der Waals surface area contributed by atoms with E-state index in [0.717, 1.165) is 29.8 Å². The third-order valence-corrected chi connectivity index (χ3v) is 4.47. The van der Waals surface area contributed by atoms with Gasteiger partial charge < -0.3 is 4.74 Å². The van der Waals surface area contributed by atoms with E-state index in [4.69, 9.17) is 4.74 Å². The Labute approximate surface area is 143 Å². The molecule has 0 spiro atoms. The Morgan fingerprint density at radius 3 is 2.52 bits per heavy atom. The van der Waals surface area contributed by atoms with Crippen molar-refractivity contribution in [1.29, 1.82) is 0 Å². The van der Waals surface area contributed by atoms with E-state index in [1.165, 1.54) is 12.4 Å². The van der Waals surface area contributed by atoms with Crippen molar-refractivity contribution >= 4 is 15.8 Å². The highest BCUT2D eigenvalue weighted by molar-refractivity contribution is 7.92. The van der Waals surface area contributed by atoms with Crippen LogP contribution in [-0.4, -0.2) is 23.4 Å². The molecule has 0 saturated heterocycles. The maximum Gasteiger partial charge on any atom is 0.263 e. The highest BCUT2D eigenvalue weighted by Crippen LogP contribution is 2.22.